The minimum absolute atomic E-state index is 0.0323. The van der Waals surface area contributed by atoms with Gasteiger partial charge in [0, 0.05) is 62.8 Å². The molecule has 0 bridgehead atoms. The lowest BCUT2D eigenvalue weighted by molar-refractivity contribution is -0.135. The van der Waals surface area contributed by atoms with E-state index in [1.165, 1.54) is 12.8 Å². The largest absolute Gasteiger partial charge is 0.352 e. The third kappa shape index (κ3) is 6.71. The fourth-order valence-corrected chi connectivity index (χ4v) is 4.04. The first-order valence-corrected chi connectivity index (χ1v) is 11.2. The van der Waals surface area contributed by atoms with Crippen molar-refractivity contribution < 1.29 is 14.4 Å². The van der Waals surface area contributed by atoms with Gasteiger partial charge in [0.15, 0.2) is 0 Å². The number of hydrogen-bond acceptors (Lipinski definition) is 4. The Kier molecular flexibility index (Phi) is 8.51. The summed E-state index contributed by atoms with van der Waals surface area (Å²) in [5.74, 6) is 0.0304. The van der Waals surface area contributed by atoms with Crippen LogP contribution in [0.15, 0.2) is 24.3 Å². The molecule has 0 aromatic heterocycles. The molecule has 2 aliphatic rings. The zero-order valence-corrected chi connectivity index (χ0v) is 18.2. The summed E-state index contributed by atoms with van der Waals surface area (Å²) in [5, 5.41) is 3.35. The van der Waals surface area contributed by atoms with Crippen LogP contribution in [0.2, 0.25) is 5.02 Å². The summed E-state index contributed by atoms with van der Waals surface area (Å²) in [4.78, 5) is 43.0. The third-order valence-corrected chi connectivity index (χ3v) is 6.03. The monoisotopic (exact) mass is 434 g/mol. The maximum absolute atomic E-state index is 12.5. The number of nitrogens with zero attached hydrogens (tertiary/aromatic N) is 3. The highest BCUT2D eigenvalue weighted by molar-refractivity contribution is 6.30. The molecule has 2 fully saturated rings. The average Bonchev–Trinajstić information content (AvgIpc) is 3.04. The van der Waals surface area contributed by atoms with Gasteiger partial charge in [0.05, 0.1) is 6.54 Å². The quantitative estimate of drug-likeness (QED) is 0.743. The first-order valence-electron chi connectivity index (χ1n) is 10.8. The summed E-state index contributed by atoms with van der Waals surface area (Å²) >= 11 is 5.83. The van der Waals surface area contributed by atoms with Crippen LogP contribution in [-0.2, 0) is 9.59 Å². The maximum Gasteiger partial charge on any atom is 0.251 e. The molecule has 2 saturated heterocycles. The highest BCUT2D eigenvalue weighted by Crippen LogP contribution is 2.12. The topological polar surface area (TPSA) is 73.0 Å². The van der Waals surface area contributed by atoms with Gasteiger partial charge in [-0.15, -0.1) is 0 Å². The van der Waals surface area contributed by atoms with Crippen molar-refractivity contribution in [2.75, 3.05) is 52.4 Å². The molecule has 30 heavy (non-hydrogen) atoms. The molecule has 0 spiro atoms. The SMILES string of the molecule is O=C(NCCC(=O)N1CCN(CC(=O)N2CCCCCC2)CC1)c1ccc(Cl)cc1. The molecule has 2 heterocycles. The molecule has 1 aromatic carbocycles. The molecule has 1 aromatic rings. The van der Waals surface area contributed by atoms with Gasteiger partial charge < -0.3 is 15.1 Å². The lowest BCUT2D eigenvalue weighted by Gasteiger charge is -2.35. The molecule has 3 amide bonds. The van der Waals surface area contributed by atoms with Crippen LogP contribution in [0.25, 0.3) is 0 Å². The van der Waals surface area contributed by atoms with Gasteiger partial charge in [-0.25, -0.2) is 0 Å². The van der Waals surface area contributed by atoms with Crippen LogP contribution < -0.4 is 5.32 Å². The van der Waals surface area contributed by atoms with Crippen LogP contribution in [0.1, 0.15) is 42.5 Å². The van der Waals surface area contributed by atoms with Gasteiger partial charge in [0.25, 0.3) is 5.91 Å². The van der Waals surface area contributed by atoms with Gasteiger partial charge in [-0.2, -0.15) is 0 Å². The van der Waals surface area contributed by atoms with E-state index in [0.29, 0.717) is 49.9 Å². The van der Waals surface area contributed by atoms with Gasteiger partial charge >= 0.3 is 0 Å². The molecule has 0 saturated carbocycles. The first-order chi connectivity index (χ1) is 14.5. The predicted molar refractivity (Wildman–Crippen MR) is 116 cm³/mol. The van der Waals surface area contributed by atoms with Crippen LogP contribution in [0.5, 0.6) is 0 Å². The Balaban J connectivity index is 1.34. The van der Waals surface area contributed by atoms with Crippen LogP contribution in [0, 0.1) is 0 Å². The summed E-state index contributed by atoms with van der Waals surface area (Å²) in [6, 6.07) is 6.65. The van der Waals surface area contributed by atoms with Gasteiger partial charge in [0.2, 0.25) is 11.8 Å². The average molecular weight is 435 g/mol. The lowest BCUT2D eigenvalue weighted by atomic mass is 10.2. The smallest absolute Gasteiger partial charge is 0.251 e. The van der Waals surface area contributed by atoms with Crippen LogP contribution >= 0.6 is 11.6 Å². The number of carbonyl (C=O) groups excluding carboxylic acids is 3. The van der Waals surface area contributed by atoms with Gasteiger partial charge in [-0.1, -0.05) is 24.4 Å². The molecule has 0 atom stereocenters. The van der Waals surface area contributed by atoms with E-state index < -0.39 is 0 Å². The molecule has 2 aliphatic heterocycles. The molecule has 0 aliphatic carbocycles. The van der Waals surface area contributed by atoms with Gasteiger partial charge in [-0.3, -0.25) is 19.3 Å². The molecule has 3 rings (SSSR count). The van der Waals surface area contributed by atoms with Crippen molar-refractivity contribution in [3.63, 3.8) is 0 Å². The molecule has 0 radical (unpaired) electrons. The third-order valence-electron chi connectivity index (χ3n) is 5.77. The van der Waals surface area contributed by atoms with Crippen molar-refractivity contribution >= 4 is 29.3 Å². The van der Waals surface area contributed by atoms with E-state index in [9.17, 15) is 14.4 Å². The number of benzene rings is 1. The van der Waals surface area contributed by atoms with E-state index in [1.807, 2.05) is 9.80 Å². The zero-order chi connectivity index (χ0) is 21.3. The van der Waals surface area contributed by atoms with Crippen LogP contribution in [0.4, 0.5) is 0 Å². The predicted octanol–water partition coefficient (Wildman–Crippen LogP) is 2.01. The highest BCUT2D eigenvalue weighted by atomic mass is 35.5. The Labute approximate surface area is 183 Å². The minimum Gasteiger partial charge on any atom is -0.352 e. The number of likely N-dealkylation sites (tertiary alicyclic amines) is 1. The summed E-state index contributed by atoms with van der Waals surface area (Å²) in [6.45, 7) is 5.16. The Morgan fingerprint density at radius 3 is 2.03 bits per heavy atom. The Morgan fingerprint density at radius 2 is 1.40 bits per heavy atom. The number of rotatable bonds is 6. The van der Waals surface area contributed by atoms with E-state index in [1.54, 1.807) is 24.3 Å². The summed E-state index contributed by atoms with van der Waals surface area (Å²) < 4.78 is 0. The van der Waals surface area contributed by atoms with E-state index in [0.717, 1.165) is 25.9 Å². The molecular formula is C22H31ClN4O3. The Hall–Kier alpha value is -2.12. The Bertz CT molecular complexity index is 724. The molecule has 0 unspecified atom stereocenters. The second kappa shape index (κ2) is 11.3. The number of amides is 3. The van der Waals surface area contributed by atoms with Crippen molar-refractivity contribution in [2.24, 2.45) is 0 Å². The van der Waals surface area contributed by atoms with Gasteiger partial charge in [0.1, 0.15) is 0 Å². The second-order valence-electron chi connectivity index (χ2n) is 7.96. The minimum atomic E-state index is -0.212. The van der Waals surface area contributed by atoms with E-state index in [2.05, 4.69) is 10.2 Å². The summed E-state index contributed by atoms with van der Waals surface area (Å²) in [6.07, 6.45) is 4.90. The van der Waals surface area contributed by atoms with E-state index in [-0.39, 0.29) is 24.1 Å². The van der Waals surface area contributed by atoms with Crippen molar-refractivity contribution in [3.8, 4) is 0 Å². The Morgan fingerprint density at radius 1 is 0.800 bits per heavy atom. The number of carbonyl (C=O) groups is 3. The molecule has 8 heteroatoms. The standard InChI is InChI=1S/C22H31ClN4O3/c23-19-7-5-18(6-8-19)22(30)24-10-9-20(28)27-15-13-25(14-16-27)17-21(29)26-11-3-1-2-4-12-26/h5-8H,1-4,9-17H2,(H,24,30). The fraction of sp³-hybridized carbons (Fsp3) is 0.591. The first kappa shape index (κ1) is 22.6. The number of halogens is 1. The maximum atomic E-state index is 12.5. The van der Waals surface area contributed by atoms with E-state index >= 15 is 0 Å². The van der Waals surface area contributed by atoms with E-state index in [4.69, 9.17) is 11.6 Å². The summed E-state index contributed by atoms with van der Waals surface area (Å²) in [7, 11) is 0. The van der Waals surface area contributed by atoms with Crippen molar-refractivity contribution in [1.29, 1.82) is 0 Å². The summed E-state index contributed by atoms with van der Waals surface area (Å²) in [5.41, 5.74) is 0.523. The van der Waals surface area contributed by atoms with Crippen LogP contribution in [0.3, 0.4) is 0 Å². The number of nitrogens with one attached hydrogen (secondary N) is 1. The highest BCUT2D eigenvalue weighted by Gasteiger charge is 2.24. The molecule has 164 valence electrons. The van der Waals surface area contributed by atoms with Crippen molar-refractivity contribution in [1.82, 2.24) is 20.0 Å². The number of piperazine rings is 1. The van der Waals surface area contributed by atoms with Crippen molar-refractivity contribution in [2.45, 2.75) is 32.1 Å². The van der Waals surface area contributed by atoms with Crippen LogP contribution in [-0.4, -0.2) is 84.8 Å². The fourth-order valence-electron chi connectivity index (χ4n) is 3.91. The zero-order valence-electron chi connectivity index (χ0n) is 17.4. The normalized spacial score (nSPS) is 18.0. The van der Waals surface area contributed by atoms with Gasteiger partial charge in [-0.05, 0) is 37.1 Å². The van der Waals surface area contributed by atoms with Crippen molar-refractivity contribution in [3.05, 3.63) is 34.9 Å². The second-order valence-corrected chi connectivity index (χ2v) is 8.40. The number of hydrogen-bond donors (Lipinski definition) is 1. The molecular weight excluding hydrogens is 404 g/mol. The molecule has 7 nitrogen and oxygen atoms in total. The lowest BCUT2D eigenvalue weighted by Crippen LogP contribution is -2.52. The molecule has 1 N–H and O–H groups in total.